The molecule has 1 aliphatic rings. The van der Waals surface area contributed by atoms with Gasteiger partial charge in [-0.05, 0) is 70.2 Å². The predicted molar refractivity (Wildman–Crippen MR) is 93.2 cm³/mol. The van der Waals surface area contributed by atoms with Gasteiger partial charge in [-0.3, -0.25) is 4.79 Å². The maximum absolute atomic E-state index is 9.60. The van der Waals surface area contributed by atoms with Gasteiger partial charge >= 0.3 is 0 Å². The summed E-state index contributed by atoms with van der Waals surface area (Å²) < 4.78 is 4.55. The zero-order valence-corrected chi connectivity index (χ0v) is 14.4. The Labute approximate surface area is 134 Å². The van der Waals surface area contributed by atoms with Gasteiger partial charge in [0, 0.05) is 24.5 Å². The van der Waals surface area contributed by atoms with Crippen molar-refractivity contribution in [2.75, 3.05) is 23.7 Å². The van der Waals surface area contributed by atoms with Crippen molar-refractivity contribution in [1.82, 2.24) is 0 Å². The van der Waals surface area contributed by atoms with Crippen LogP contribution in [0.15, 0.2) is 18.2 Å². The van der Waals surface area contributed by atoms with E-state index in [0.717, 1.165) is 12.1 Å². The molecule has 0 radical (unpaired) electrons. The van der Waals surface area contributed by atoms with Crippen LogP contribution in [-0.4, -0.2) is 25.2 Å². The number of carbonyl (C=O) groups excluding carboxylic acids is 1. The number of benzene rings is 1. The van der Waals surface area contributed by atoms with Crippen LogP contribution in [0, 0.1) is 0 Å². The largest absolute Gasteiger partial charge is 0.462 e. The van der Waals surface area contributed by atoms with Gasteiger partial charge in [0.15, 0.2) is 0 Å². The smallest absolute Gasteiger partial charge is 0.293 e. The van der Waals surface area contributed by atoms with Crippen LogP contribution < -0.4 is 10.6 Å². The van der Waals surface area contributed by atoms with Gasteiger partial charge in [-0.25, -0.2) is 0 Å². The number of nitrogens with two attached hydrogens (primary N) is 1. The quantitative estimate of drug-likeness (QED) is 0.682. The van der Waals surface area contributed by atoms with Crippen molar-refractivity contribution in [3.63, 3.8) is 0 Å². The summed E-state index contributed by atoms with van der Waals surface area (Å²) >= 11 is 0. The number of aryl methyl sites for hydroxylation is 1. The zero-order chi connectivity index (χ0) is 16.6. The maximum atomic E-state index is 9.60. The number of carbonyl (C=O) groups is 1. The van der Waals surface area contributed by atoms with Gasteiger partial charge in [0.05, 0.1) is 0 Å². The minimum absolute atomic E-state index is 0.318. The van der Waals surface area contributed by atoms with Crippen LogP contribution in [0.2, 0.25) is 0 Å². The molecule has 0 atom stereocenters. The second-order valence-corrected chi connectivity index (χ2v) is 6.62. The van der Waals surface area contributed by atoms with Crippen molar-refractivity contribution < 1.29 is 9.53 Å². The molecule has 0 bridgehead atoms. The fourth-order valence-electron chi connectivity index (χ4n) is 2.48. The Hall–Kier alpha value is -1.71. The lowest BCUT2D eigenvalue weighted by Gasteiger charge is -2.30. The summed E-state index contributed by atoms with van der Waals surface area (Å²) in [4.78, 5) is 12.1. The molecular formula is C18H30N2O2. The summed E-state index contributed by atoms with van der Waals surface area (Å²) in [5.74, 6) is 0. The fraction of sp³-hybridized carbons (Fsp3) is 0.611. The topological polar surface area (TPSA) is 55.6 Å². The molecule has 1 aromatic carbocycles. The lowest BCUT2D eigenvalue weighted by Crippen LogP contribution is -2.30. The molecule has 0 unspecified atom stereocenters. The second kappa shape index (κ2) is 8.66. The first-order chi connectivity index (χ1) is 10.4. The molecule has 4 heteroatoms. The Morgan fingerprint density at radius 2 is 1.86 bits per heavy atom. The van der Waals surface area contributed by atoms with E-state index < -0.39 is 0 Å². The Morgan fingerprint density at radius 1 is 1.23 bits per heavy atom. The van der Waals surface area contributed by atoms with Crippen molar-refractivity contribution in [2.45, 2.75) is 59.0 Å². The highest BCUT2D eigenvalue weighted by atomic mass is 16.5. The molecule has 0 spiro atoms. The second-order valence-electron chi connectivity index (χ2n) is 6.62. The van der Waals surface area contributed by atoms with Crippen molar-refractivity contribution in [2.24, 2.45) is 0 Å². The van der Waals surface area contributed by atoms with Gasteiger partial charge in [0.2, 0.25) is 0 Å². The molecule has 1 saturated heterocycles. The highest BCUT2D eigenvalue weighted by Crippen LogP contribution is 2.26. The van der Waals surface area contributed by atoms with E-state index in [1.165, 1.54) is 43.6 Å². The molecule has 1 fully saturated rings. The third kappa shape index (κ3) is 6.37. The number of hydrogen-bond acceptors (Lipinski definition) is 4. The van der Waals surface area contributed by atoms with Gasteiger partial charge < -0.3 is 15.4 Å². The molecule has 2 rings (SSSR count). The summed E-state index contributed by atoms with van der Waals surface area (Å²) in [7, 11) is 0. The third-order valence-electron chi connectivity index (χ3n) is 3.58. The Balaban J connectivity index is 0.000000295. The van der Waals surface area contributed by atoms with Crippen LogP contribution >= 0.6 is 0 Å². The minimum atomic E-state index is -0.318. The number of nitrogen functional groups attached to an aromatic ring is 1. The summed E-state index contributed by atoms with van der Waals surface area (Å²) in [6.07, 6.45) is 5.10. The molecule has 0 amide bonds. The summed E-state index contributed by atoms with van der Waals surface area (Å²) in [5, 5.41) is 0. The Bertz CT molecular complexity index is 461. The summed E-state index contributed by atoms with van der Waals surface area (Å²) in [6, 6.07) is 6.31. The van der Waals surface area contributed by atoms with E-state index in [0.29, 0.717) is 6.47 Å². The van der Waals surface area contributed by atoms with Gasteiger partial charge in [0.1, 0.15) is 5.60 Å². The Kier molecular flexibility index (Phi) is 7.22. The SMILES string of the molecule is CC(C)(C)OC=O.CCc1cc(N)ccc1N1CCCCC1. The van der Waals surface area contributed by atoms with E-state index in [2.05, 4.69) is 28.7 Å². The lowest BCUT2D eigenvalue weighted by molar-refractivity contribution is -0.138. The van der Waals surface area contributed by atoms with Gasteiger partial charge in [-0.1, -0.05) is 6.92 Å². The molecule has 1 aromatic rings. The van der Waals surface area contributed by atoms with Crippen LogP contribution in [0.1, 0.15) is 52.5 Å². The number of hydrogen-bond donors (Lipinski definition) is 1. The normalized spacial score (nSPS) is 14.8. The number of nitrogens with zero attached hydrogens (tertiary/aromatic N) is 1. The van der Waals surface area contributed by atoms with Gasteiger partial charge in [-0.2, -0.15) is 0 Å². The number of rotatable bonds is 3. The first-order valence-corrected chi connectivity index (χ1v) is 8.12. The van der Waals surface area contributed by atoms with Gasteiger partial charge in [0.25, 0.3) is 6.47 Å². The molecule has 1 heterocycles. The average Bonchev–Trinajstić information content (AvgIpc) is 2.47. The van der Waals surface area contributed by atoms with Crippen molar-refractivity contribution in [1.29, 1.82) is 0 Å². The molecule has 1 aliphatic heterocycles. The van der Waals surface area contributed by atoms with E-state index in [1.807, 2.05) is 26.8 Å². The average molecular weight is 306 g/mol. The molecule has 2 N–H and O–H groups in total. The summed E-state index contributed by atoms with van der Waals surface area (Å²) in [5.41, 5.74) is 9.16. The van der Waals surface area contributed by atoms with Crippen LogP contribution in [0.25, 0.3) is 0 Å². The molecule has 0 aliphatic carbocycles. The van der Waals surface area contributed by atoms with Crippen LogP contribution in [0.4, 0.5) is 11.4 Å². The number of anilines is 2. The van der Waals surface area contributed by atoms with E-state index in [4.69, 9.17) is 5.73 Å². The molecule has 124 valence electrons. The van der Waals surface area contributed by atoms with Crippen LogP contribution in [0.5, 0.6) is 0 Å². The monoisotopic (exact) mass is 306 g/mol. The third-order valence-corrected chi connectivity index (χ3v) is 3.58. The molecule has 22 heavy (non-hydrogen) atoms. The molecule has 0 saturated carbocycles. The molecule has 4 nitrogen and oxygen atoms in total. The lowest BCUT2D eigenvalue weighted by atomic mass is 10.1. The van der Waals surface area contributed by atoms with Gasteiger partial charge in [-0.15, -0.1) is 0 Å². The summed E-state index contributed by atoms with van der Waals surface area (Å²) in [6.45, 7) is 10.5. The highest BCUT2D eigenvalue weighted by Gasteiger charge is 2.13. The van der Waals surface area contributed by atoms with Crippen molar-refractivity contribution in [3.8, 4) is 0 Å². The maximum Gasteiger partial charge on any atom is 0.293 e. The zero-order valence-electron chi connectivity index (χ0n) is 14.4. The fourth-order valence-corrected chi connectivity index (χ4v) is 2.48. The first-order valence-electron chi connectivity index (χ1n) is 8.12. The molecule has 0 aromatic heterocycles. The molecular weight excluding hydrogens is 276 g/mol. The standard InChI is InChI=1S/C13H20N2.C5H10O2/c1-2-11-10-12(14)6-7-13(11)15-8-4-3-5-9-15;1-5(2,3)7-4-6/h6-7,10H,2-5,8-9,14H2,1H3;4H,1-3H3. The predicted octanol–water partition coefficient (Wildman–Crippen LogP) is 3.78. The van der Waals surface area contributed by atoms with Crippen LogP contribution in [-0.2, 0) is 16.0 Å². The van der Waals surface area contributed by atoms with E-state index in [9.17, 15) is 4.79 Å². The number of piperidine rings is 1. The van der Waals surface area contributed by atoms with E-state index in [-0.39, 0.29) is 5.60 Å². The highest BCUT2D eigenvalue weighted by molar-refractivity contribution is 5.59. The van der Waals surface area contributed by atoms with E-state index >= 15 is 0 Å². The number of ether oxygens (including phenoxy) is 1. The first kappa shape index (κ1) is 18.3. The minimum Gasteiger partial charge on any atom is -0.462 e. The van der Waals surface area contributed by atoms with E-state index in [1.54, 1.807) is 0 Å². The Morgan fingerprint density at radius 3 is 2.32 bits per heavy atom. The van der Waals surface area contributed by atoms with Crippen molar-refractivity contribution >= 4 is 17.8 Å². The van der Waals surface area contributed by atoms with Crippen molar-refractivity contribution in [3.05, 3.63) is 23.8 Å². The van der Waals surface area contributed by atoms with Crippen LogP contribution in [0.3, 0.4) is 0 Å².